The van der Waals surface area contributed by atoms with Gasteiger partial charge in [0, 0.05) is 28.8 Å². The van der Waals surface area contributed by atoms with E-state index in [1.807, 2.05) is 13.0 Å². The van der Waals surface area contributed by atoms with Crippen molar-refractivity contribution in [1.29, 1.82) is 0 Å². The third kappa shape index (κ3) is 5.16. The van der Waals surface area contributed by atoms with Crippen molar-refractivity contribution in [2.24, 2.45) is 0 Å². The summed E-state index contributed by atoms with van der Waals surface area (Å²) in [5.74, 6) is 0. The number of anilines is 2. The Balaban J connectivity index is 2.38. The number of hydrogen-bond donors (Lipinski definition) is 2. The monoisotopic (exact) mass is 324 g/mol. The van der Waals surface area contributed by atoms with Crippen molar-refractivity contribution in [3.8, 4) is 0 Å². The van der Waals surface area contributed by atoms with Crippen LogP contribution in [0.3, 0.4) is 0 Å². The van der Waals surface area contributed by atoms with Crippen LogP contribution in [0.25, 0.3) is 0 Å². The van der Waals surface area contributed by atoms with Crippen LogP contribution < -0.4 is 11.1 Å². The van der Waals surface area contributed by atoms with Gasteiger partial charge < -0.3 is 11.1 Å². The molecule has 0 fully saturated rings. The van der Waals surface area contributed by atoms with E-state index in [-0.39, 0.29) is 6.42 Å². The van der Waals surface area contributed by atoms with Crippen molar-refractivity contribution in [3.05, 3.63) is 22.2 Å². The van der Waals surface area contributed by atoms with Crippen LogP contribution in [0.1, 0.15) is 24.8 Å². The van der Waals surface area contributed by atoms with Crippen molar-refractivity contribution in [1.82, 2.24) is 0 Å². The lowest BCUT2D eigenvalue weighted by atomic mass is 10.1. The summed E-state index contributed by atoms with van der Waals surface area (Å²) in [4.78, 5) is 0. The van der Waals surface area contributed by atoms with Crippen LogP contribution >= 0.6 is 15.9 Å². The zero-order valence-corrected chi connectivity index (χ0v) is 11.7. The highest BCUT2D eigenvalue weighted by molar-refractivity contribution is 9.10. The number of hydrogen-bond acceptors (Lipinski definition) is 2. The Morgan fingerprint density at radius 3 is 2.56 bits per heavy atom. The minimum Gasteiger partial charge on any atom is -0.398 e. The van der Waals surface area contributed by atoms with E-state index in [1.54, 1.807) is 6.07 Å². The normalized spacial score (nSPS) is 11.6. The molecule has 18 heavy (non-hydrogen) atoms. The van der Waals surface area contributed by atoms with Crippen molar-refractivity contribution < 1.29 is 13.2 Å². The summed E-state index contributed by atoms with van der Waals surface area (Å²) in [6.45, 7) is 2.40. The Kier molecular flexibility index (Phi) is 5.31. The maximum atomic E-state index is 11.9. The zero-order chi connectivity index (χ0) is 13.8. The van der Waals surface area contributed by atoms with Gasteiger partial charge in [-0.15, -0.1) is 0 Å². The molecule has 0 bridgehead atoms. The summed E-state index contributed by atoms with van der Waals surface area (Å²) >= 11 is 3.36. The Hall–Kier alpha value is -0.910. The average molecular weight is 325 g/mol. The molecule has 0 atom stereocenters. The predicted octanol–water partition coefficient (Wildman–Crippen LogP) is 4.48. The molecule has 0 aliphatic rings. The summed E-state index contributed by atoms with van der Waals surface area (Å²) in [6.07, 6.45) is -4.16. The van der Waals surface area contributed by atoms with E-state index >= 15 is 0 Å². The van der Waals surface area contributed by atoms with Crippen LogP contribution in [0.15, 0.2) is 16.6 Å². The standard InChI is InChI=1S/C12H16BrF3N2/c1-8-6-11(9(13)7-10(8)17)18-5-3-2-4-12(14,15)16/h6-7,18H,2-5,17H2,1H3. The highest BCUT2D eigenvalue weighted by atomic mass is 79.9. The van der Waals surface area contributed by atoms with Gasteiger partial charge in [-0.1, -0.05) is 0 Å². The van der Waals surface area contributed by atoms with Crippen molar-refractivity contribution in [3.63, 3.8) is 0 Å². The largest absolute Gasteiger partial charge is 0.398 e. The predicted molar refractivity (Wildman–Crippen MR) is 71.7 cm³/mol. The van der Waals surface area contributed by atoms with Gasteiger partial charge in [-0.05, 0) is 53.4 Å². The molecule has 1 aromatic rings. The molecule has 0 aromatic heterocycles. The average Bonchev–Trinajstić information content (AvgIpc) is 2.23. The van der Waals surface area contributed by atoms with Crippen LogP contribution in [0, 0.1) is 6.92 Å². The van der Waals surface area contributed by atoms with Gasteiger partial charge in [0.1, 0.15) is 0 Å². The van der Waals surface area contributed by atoms with E-state index in [0.29, 0.717) is 18.7 Å². The molecule has 0 saturated carbocycles. The van der Waals surface area contributed by atoms with E-state index in [1.165, 1.54) is 0 Å². The van der Waals surface area contributed by atoms with Crippen LogP contribution in [0.2, 0.25) is 0 Å². The van der Waals surface area contributed by atoms with Gasteiger partial charge in [0.25, 0.3) is 0 Å². The van der Waals surface area contributed by atoms with Crippen molar-refractivity contribution >= 4 is 27.3 Å². The van der Waals surface area contributed by atoms with E-state index in [0.717, 1.165) is 15.7 Å². The van der Waals surface area contributed by atoms with Gasteiger partial charge in [-0.2, -0.15) is 13.2 Å². The number of nitrogens with two attached hydrogens (primary N) is 1. The highest BCUT2D eigenvalue weighted by Crippen LogP contribution is 2.28. The van der Waals surface area contributed by atoms with E-state index in [2.05, 4.69) is 21.2 Å². The number of aryl methyl sites for hydroxylation is 1. The topological polar surface area (TPSA) is 38.0 Å². The molecule has 0 aliphatic heterocycles. The zero-order valence-electron chi connectivity index (χ0n) is 10.1. The molecule has 0 aliphatic carbocycles. The van der Waals surface area contributed by atoms with Crippen molar-refractivity contribution in [2.75, 3.05) is 17.6 Å². The fourth-order valence-electron chi connectivity index (χ4n) is 1.51. The lowest BCUT2D eigenvalue weighted by molar-refractivity contribution is -0.135. The first-order chi connectivity index (χ1) is 8.29. The molecular weight excluding hydrogens is 309 g/mol. The first kappa shape index (κ1) is 15.1. The molecule has 102 valence electrons. The molecule has 0 radical (unpaired) electrons. The lowest BCUT2D eigenvalue weighted by Gasteiger charge is -2.11. The molecule has 0 unspecified atom stereocenters. The van der Waals surface area contributed by atoms with Crippen LogP contribution in [0.5, 0.6) is 0 Å². The third-order valence-corrected chi connectivity index (χ3v) is 3.21. The summed E-state index contributed by atoms with van der Waals surface area (Å²) in [6, 6.07) is 3.66. The minimum absolute atomic E-state index is 0.141. The first-order valence-electron chi connectivity index (χ1n) is 5.66. The molecule has 0 saturated heterocycles. The molecule has 0 spiro atoms. The summed E-state index contributed by atoms with van der Waals surface area (Å²) < 4.78 is 36.6. The van der Waals surface area contributed by atoms with Crippen LogP contribution in [0.4, 0.5) is 24.5 Å². The van der Waals surface area contributed by atoms with Crippen molar-refractivity contribution in [2.45, 2.75) is 32.4 Å². The Morgan fingerprint density at radius 1 is 1.28 bits per heavy atom. The number of nitrogens with one attached hydrogen (secondary N) is 1. The number of benzene rings is 1. The van der Waals surface area contributed by atoms with Gasteiger partial charge in [0.05, 0.1) is 0 Å². The van der Waals surface area contributed by atoms with Crippen LogP contribution in [-0.2, 0) is 0 Å². The number of unbranched alkanes of at least 4 members (excludes halogenated alkanes) is 1. The second-order valence-corrected chi connectivity index (χ2v) is 5.04. The second kappa shape index (κ2) is 6.31. The number of nitrogen functional groups attached to an aromatic ring is 1. The van der Waals surface area contributed by atoms with E-state index < -0.39 is 12.6 Å². The molecule has 0 amide bonds. The Morgan fingerprint density at radius 2 is 1.94 bits per heavy atom. The Labute approximate surface area is 113 Å². The molecule has 6 heteroatoms. The molecule has 0 heterocycles. The first-order valence-corrected chi connectivity index (χ1v) is 6.45. The fraction of sp³-hybridized carbons (Fsp3) is 0.500. The number of alkyl halides is 3. The molecule has 1 aromatic carbocycles. The Bertz CT molecular complexity index is 405. The number of rotatable bonds is 5. The summed E-state index contributed by atoms with van der Waals surface area (Å²) in [7, 11) is 0. The quantitative estimate of drug-likeness (QED) is 0.618. The highest BCUT2D eigenvalue weighted by Gasteiger charge is 2.25. The maximum Gasteiger partial charge on any atom is 0.389 e. The maximum absolute atomic E-state index is 11.9. The smallest absolute Gasteiger partial charge is 0.389 e. The lowest BCUT2D eigenvalue weighted by Crippen LogP contribution is -2.09. The molecular formula is C12H16BrF3N2. The van der Waals surface area contributed by atoms with Crippen LogP contribution in [-0.4, -0.2) is 12.7 Å². The van der Waals surface area contributed by atoms with E-state index in [4.69, 9.17) is 5.73 Å². The SMILES string of the molecule is Cc1cc(NCCCCC(F)(F)F)c(Br)cc1N. The summed E-state index contributed by atoms with van der Waals surface area (Å²) in [5.41, 5.74) is 8.21. The molecule has 3 N–H and O–H groups in total. The van der Waals surface area contributed by atoms with E-state index in [9.17, 15) is 13.2 Å². The number of halogens is 4. The van der Waals surface area contributed by atoms with Gasteiger partial charge in [0.2, 0.25) is 0 Å². The fourth-order valence-corrected chi connectivity index (χ4v) is 2.01. The van der Waals surface area contributed by atoms with Gasteiger partial charge in [0.15, 0.2) is 0 Å². The van der Waals surface area contributed by atoms with Gasteiger partial charge in [-0.25, -0.2) is 0 Å². The summed E-state index contributed by atoms with van der Waals surface area (Å²) in [5, 5.41) is 3.10. The minimum atomic E-state index is -4.06. The second-order valence-electron chi connectivity index (χ2n) is 4.19. The third-order valence-electron chi connectivity index (χ3n) is 2.56. The molecule has 1 rings (SSSR count). The van der Waals surface area contributed by atoms with Gasteiger partial charge >= 0.3 is 6.18 Å². The molecule has 2 nitrogen and oxygen atoms in total. The van der Waals surface area contributed by atoms with Gasteiger partial charge in [-0.3, -0.25) is 0 Å².